The van der Waals surface area contributed by atoms with Crippen molar-refractivity contribution in [2.75, 3.05) is 0 Å². The molecule has 1 aromatic carbocycles. The Morgan fingerprint density at radius 1 is 1.16 bits per heavy atom. The summed E-state index contributed by atoms with van der Waals surface area (Å²) < 4.78 is 7.09. The summed E-state index contributed by atoms with van der Waals surface area (Å²) in [6.45, 7) is 0.265. The largest absolute Gasteiger partial charge is 0.457 e. The number of fused-ring (bicyclic) bond motifs is 1. The Hall–Kier alpha value is -2.62. The highest BCUT2D eigenvalue weighted by Crippen LogP contribution is 2.12. The summed E-state index contributed by atoms with van der Waals surface area (Å²) in [5.74, 6) is -0.361. The molecule has 0 amide bonds. The Kier molecular flexibility index (Phi) is 2.98. The van der Waals surface area contributed by atoms with Crippen LogP contribution in [0.2, 0.25) is 0 Å². The molecule has 2 heterocycles. The Balaban J connectivity index is 1.79. The first-order valence-electron chi connectivity index (χ1n) is 5.96. The third kappa shape index (κ3) is 2.33. The van der Waals surface area contributed by atoms with Gasteiger partial charge < -0.3 is 9.14 Å². The van der Waals surface area contributed by atoms with Crippen LogP contribution < -0.4 is 0 Å². The van der Waals surface area contributed by atoms with Crippen molar-refractivity contribution in [2.24, 2.45) is 0 Å². The van der Waals surface area contributed by atoms with Gasteiger partial charge in [-0.2, -0.15) is 0 Å². The van der Waals surface area contributed by atoms with Crippen LogP contribution in [0.4, 0.5) is 0 Å². The number of carbonyl (C=O) groups excluding carboxylic acids is 1. The normalized spacial score (nSPS) is 10.5. The van der Waals surface area contributed by atoms with Crippen LogP contribution in [0.5, 0.6) is 0 Å². The molecular weight excluding hydrogens is 240 g/mol. The zero-order valence-electron chi connectivity index (χ0n) is 10.2. The van der Waals surface area contributed by atoms with Gasteiger partial charge in [0.2, 0.25) is 0 Å². The Bertz CT molecular complexity index is 704. The average molecular weight is 252 g/mol. The van der Waals surface area contributed by atoms with Crippen molar-refractivity contribution in [1.29, 1.82) is 0 Å². The van der Waals surface area contributed by atoms with E-state index in [9.17, 15) is 4.79 Å². The highest BCUT2D eigenvalue weighted by molar-refractivity contribution is 5.96. The number of nitrogens with zero attached hydrogens (tertiary/aromatic N) is 2. The number of hydrogen-bond acceptors (Lipinski definition) is 3. The van der Waals surface area contributed by atoms with Crippen LogP contribution in [-0.4, -0.2) is 15.4 Å². The fourth-order valence-corrected chi connectivity index (χ4v) is 1.93. The van der Waals surface area contributed by atoms with E-state index in [1.807, 2.05) is 48.7 Å². The maximum atomic E-state index is 12.1. The number of rotatable bonds is 3. The molecule has 2 aromatic heterocycles. The molecule has 0 atom stereocenters. The Morgan fingerprint density at radius 2 is 2.00 bits per heavy atom. The molecule has 0 N–H and O–H groups in total. The quantitative estimate of drug-likeness (QED) is 0.673. The number of hydrogen-bond donors (Lipinski definition) is 0. The highest BCUT2D eigenvalue weighted by atomic mass is 16.5. The first kappa shape index (κ1) is 11.5. The van der Waals surface area contributed by atoms with Crippen LogP contribution in [-0.2, 0) is 11.3 Å². The lowest BCUT2D eigenvalue weighted by Crippen LogP contribution is -2.07. The minimum absolute atomic E-state index is 0.265. The summed E-state index contributed by atoms with van der Waals surface area (Å²) >= 11 is 0. The number of benzene rings is 1. The summed E-state index contributed by atoms with van der Waals surface area (Å²) in [6, 6.07) is 13.3. The lowest BCUT2D eigenvalue weighted by Gasteiger charge is -2.06. The van der Waals surface area contributed by atoms with E-state index in [1.54, 1.807) is 10.7 Å². The molecule has 19 heavy (non-hydrogen) atoms. The lowest BCUT2D eigenvalue weighted by molar-refractivity contribution is 0.0474. The summed E-state index contributed by atoms with van der Waals surface area (Å²) in [5, 5.41) is 0. The van der Waals surface area contributed by atoms with Crippen LogP contribution in [0.25, 0.3) is 5.52 Å². The first-order chi connectivity index (χ1) is 9.34. The fraction of sp³-hybridized carbons (Fsp3) is 0.0667. The van der Waals surface area contributed by atoms with Gasteiger partial charge in [0.15, 0.2) is 0 Å². The van der Waals surface area contributed by atoms with Crippen molar-refractivity contribution in [2.45, 2.75) is 6.61 Å². The van der Waals surface area contributed by atoms with Gasteiger partial charge >= 0.3 is 5.97 Å². The third-order valence-corrected chi connectivity index (χ3v) is 2.88. The van der Waals surface area contributed by atoms with Gasteiger partial charge in [-0.25, -0.2) is 9.78 Å². The van der Waals surface area contributed by atoms with Crippen LogP contribution in [0, 0.1) is 0 Å². The molecule has 0 aliphatic rings. The van der Waals surface area contributed by atoms with Crippen LogP contribution >= 0.6 is 0 Å². The molecule has 0 fully saturated rings. The smallest absolute Gasteiger partial charge is 0.342 e. The maximum Gasteiger partial charge on any atom is 0.342 e. The summed E-state index contributed by atoms with van der Waals surface area (Å²) in [7, 11) is 0. The number of carbonyl (C=O) groups is 1. The maximum absolute atomic E-state index is 12.1. The minimum atomic E-state index is -0.361. The Morgan fingerprint density at radius 3 is 2.84 bits per heavy atom. The van der Waals surface area contributed by atoms with Crippen LogP contribution in [0.15, 0.2) is 61.2 Å². The van der Waals surface area contributed by atoms with E-state index in [0.29, 0.717) is 5.56 Å². The number of ether oxygens (including phenoxy) is 1. The van der Waals surface area contributed by atoms with E-state index in [4.69, 9.17) is 4.74 Å². The number of esters is 1. The van der Waals surface area contributed by atoms with E-state index in [2.05, 4.69) is 4.98 Å². The predicted octanol–water partition coefficient (Wildman–Crippen LogP) is 2.69. The minimum Gasteiger partial charge on any atom is -0.457 e. The van der Waals surface area contributed by atoms with Gasteiger partial charge in [-0.15, -0.1) is 0 Å². The second kappa shape index (κ2) is 4.94. The van der Waals surface area contributed by atoms with Crippen molar-refractivity contribution in [3.63, 3.8) is 0 Å². The second-order valence-electron chi connectivity index (χ2n) is 4.17. The van der Waals surface area contributed by atoms with E-state index in [1.165, 1.54) is 6.20 Å². The first-order valence-corrected chi connectivity index (χ1v) is 5.96. The van der Waals surface area contributed by atoms with Gasteiger partial charge in [-0.1, -0.05) is 30.3 Å². The van der Waals surface area contributed by atoms with Gasteiger partial charge in [0.05, 0.1) is 11.8 Å². The molecule has 94 valence electrons. The molecule has 0 radical (unpaired) electrons. The van der Waals surface area contributed by atoms with Crippen LogP contribution in [0.1, 0.15) is 15.9 Å². The van der Waals surface area contributed by atoms with E-state index in [0.717, 1.165) is 11.1 Å². The Labute approximate surface area is 110 Å². The van der Waals surface area contributed by atoms with E-state index >= 15 is 0 Å². The van der Waals surface area contributed by atoms with Crippen molar-refractivity contribution in [3.8, 4) is 0 Å². The lowest BCUT2D eigenvalue weighted by atomic mass is 10.2. The van der Waals surface area contributed by atoms with Gasteiger partial charge in [0.25, 0.3) is 0 Å². The van der Waals surface area contributed by atoms with Crippen molar-refractivity contribution < 1.29 is 9.53 Å². The van der Waals surface area contributed by atoms with Gasteiger partial charge in [0, 0.05) is 12.4 Å². The van der Waals surface area contributed by atoms with E-state index < -0.39 is 0 Å². The topological polar surface area (TPSA) is 43.6 Å². The molecule has 4 heteroatoms. The summed E-state index contributed by atoms with van der Waals surface area (Å²) in [6.07, 6.45) is 5.03. The van der Waals surface area contributed by atoms with Crippen LogP contribution in [0.3, 0.4) is 0 Å². The molecule has 0 aliphatic carbocycles. The summed E-state index contributed by atoms with van der Waals surface area (Å²) in [5.41, 5.74) is 2.24. The zero-order valence-corrected chi connectivity index (χ0v) is 10.2. The average Bonchev–Trinajstić information content (AvgIpc) is 2.94. The highest BCUT2D eigenvalue weighted by Gasteiger charge is 2.12. The molecule has 0 unspecified atom stereocenters. The molecule has 0 bridgehead atoms. The molecular formula is C15H12N2O2. The van der Waals surface area contributed by atoms with Gasteiger partial charge in [-0.05, 0) is 17.7 Å². The standard InChI is InChI=1S/C15H12N2O2/c18-15(19-10-12-5-2-1-3-6-12)13-9-16-11-17-8-4-7-14(13)17/h1-9,11H,10H2. The third-order valence-electron chi connectivity index (χ3n) is 2.88. The van der Waals surface area contributed by atoms with Crippen molar-refractivity contribution in [3.05, 3.63) is 72.3 Å². The molecule has 0 aliphatic heterocycles. The predicted molar refractivity (Wildman–Crippen MR) is 70.8 cm³/mol. The molecule has 4 nitrogen and oxygen atoms in total. The molecule has 3 aromatic rings. The SMILES string of the molecule is O=C(OCc1ccccc1)c1cncn2cccc12. The fourth-order valence-electron chi connectivity index (χ4n) is 1.93. The van der Waals surface area contributed by atoms with Gasteiger partial charge in [0.1, 0.15) is 12.2 Å². The number of aromatic nitrogens is 2. The van der Waals surface area contributed by atoms with Gasteiger partial charge in [-0.3, -0.25) is 0 Å². The monoisotopic (exact) mass is 252 g/mol. The molecule has 0 saturated heterocycles. The second-order valence-corrected chi connectivity index (χ2v) is 4.17. The van der Waals surface area contributed by atoms with E-state index in [-0.39, 0.29) is 12.6 Å². The summed E-state index contributed by atoms with van der Waals surface area (Å²) in [4.78, 5) is 16.1. The zero-order chi connectivity index (χ0) is 13.1. The van der Waals surface area contributed by atoms with Crippen molar-refractivity contribution >= 4 is 11.5 Å². The van der Waals surface area contributed by atoms with Crippen molar-refractivity contribution in [1.82, 2.24) is 9.38 Å². The molecule has 0 saturated carbocycles. The molecule has 3 rings (SSSR count). The molecule has 0 spiro atoms.